The predicted octanol–water partition coefficient (Wildman–Crippen LogP) is 4.05. The summed E-state index contributed by atoms with van der Waals surface area (Å²) in [7, 11) is -0.731. The molecule has 0 aliphatic carbocycles. The fourth-order valence-electron chi connectivity index (χ4n) is 3.66. The molecule has 1 amide bonds. The number of fused-ring (bicyclic) bond motifs is 1. The highest BCUT2D eigenvalue weighted by atomic mass is 32.2. The number of aromatic nitrogens is 1. The standard InChI is InChI=1S/C26H22FN5O4S2/c1-31(2)38(34,35)20-8-5-7-19(13-20)29-26-32(28-14-18-6-3-4-9-21(18)27)23(16-37-26)17-10-11-24-22(12-17)30-25(33)15-36-24/h3-14,16H,15H2,1-2H3,(H,30,33)/b28-14+,29-26?. The van der Waals surface area contributed by atoms with Gasteiger partial charge in [-0.2, -0.15) is 5.10 Å². The van der Waals surface area contributed by atoms with Crippen molar-refractivity contribution in [1.82, 2.24) is 8.98 Å². The van der Waals surface area contributed by atoms with E-state index in [-0.39, 0.29) is 23.0 Å². The molecule has 0 fully saturated rings. The molecule has 5 rings (SSSR count). The summed E-state index contributed by atoms with van der Waals surface area (Å²) in [6.45, 7) is -0.0522. The zero-order chi connectivity index (χ0) is 26.9. The molecule has 0 radical (unpaired) electrons. The van der Waals surface area contributed by atoms with Gasteiger partial charge in [-0.05, 0) is 42.5 Å². The summed E-state index contributed by atoms with van der Waals surface area (Å²) in [4.78, 5) is 17.0. The van der Waals surface area contributed by atoms with E-state index in [0.29, 0.717) is 33.2 Å². The summed E-state index contributed by atoms with van der Waals surface area (Å²) in [6.07, 6.45) is 1.39. The predicted molar refractivity (Wildman–Crippen MR) is 144 cm³/mol. The Bertz CT molecular complexity index is 1740. The first-order valence-corrected chi connectivity index (χ1v) is 13.7. The third-order valence-electron chi connectivity index (χ3n) is 5.63. The van der Waals surface area contributed by atoms with Crippen molar-refractivity contribution in [3.63, 3.8) is 0 Å². The van der Waals surface area contributed by atoms with Gasteiger partial charge < -0.3 is 10.1 Å². The Morgan fingerprint density at radius 2 is 1.92 bits per heavy atom. The summed E-state index contributed by atoms with van der Waals surface area (Å²) in [5, 5.41) is 9.13. The van der Waals surface area contributed by atoms with Gasteiger partial charge >= 0.3 is 0 Å². The topological polar surface area (TPSA) is 105 Å². The summed E-state index contributed by atoms with van der Waals surface area (Å²) in [5.74, 6) is -0.134. The molecule has 1 N–H and O–H groups in total. The lowest BCUT2D eigenvalue weighted by Gasteiger charge is -2.18. The van der Waals surface area contributed by atoms with Gasteiger partial charge in [0.2, 0.25) is 14.8 Å². The molecule has 1 aromatic heterocycles. The van der Waals surface area contributed by atoms with E-state index in [1.807, 2.05) is 11.4 Å². The maximum absolute atomic E-state index is 14.3. The highest BCUT2D eigenvalue weighted by Gasteiger charge is 2.19. The minimum absolute atomic E-state index is 0.0522. The van der Waals surface area contributed by atoms with E-state index in [0.717, 1.165) is 4.31 Å². The van der Waals surface area contributed by atoms with Crippen LogP contribution < -0.4 is 14.9 Å². The van der Waals surface area contributed by atoms with Crippen LogP contribution in [-0.4, -0.2) is 50.2 Å². The molecular formula is C26H22FN5O4S2. The number of benzene rings is 3. The normalized spacial score (nSPS) is 14.0. The number of nitrogens with zero attached hydrogens (tertiary/aromatic N) is 4. The van der Waals surface area contributed by atoms with Crippen LogP contribution in [0.15, 0.2) is 87.1 Å². The van der Waals surface area contributed by atoms with E-state index < -0.39 is 15.8 Å². The molecule has 1 aliphatic heterocycles. The molecular weight excluding hydrogens is 529 g/mol. The third kappa shape index (κ3) is 5.14. The summed E-state index contributed by atoms with van der Waals surface area (Å²) >= 11 is 1.27. The lowest BCUT2D eigenvalue weighted by atomic mass is 10.1. The van der Waals surface area contributed by atoms with Crippen molar-refractivity contribution in [3.05, 3.63) is 88.3 Å². The number of carbonyl (C=O) groups is 1. The molecule has 4 aromatic rings. The number of hydrogen-bond donors (Lipinski definition) is 1. The Morgan fingerprint density at radius 3 is 2.71 bits per heavy atom. The maximum Gasteiger partial charge on any atom is 0.262 e. The monoisotopic (exact) mass is 551 g/mol. The number of amides is 1. The SMILES string of the molecule is CN(C)S(=O)(=O)c1cccc(N=c2scc(-c3ccc4c(c3)NC(=O)CO4)n2/N=C/c2ccccc2F)c1. The zero-order valence-corrected chi connectivity index (χ0v) is 22.0. The highest BCUT2D eigenvalue weighted by Crippen LogP contribution is 2.33. The molecule has 0 saturated carbocycles. The number of nitrogens with one attached hydrogen (secondary N) is 1. The lowest BCUT2D eigenvalue weighted by molar-refractivity contribution is -0.118. The van der Waals surface area contributed by atoms with Crippen LogP contribution in [0.5, 0.6) is 5.75 Å². The van der Waals surface area contributed by atoms with Gasteiger partial charge in [0.05, 0.1) is 28.2 Å². The van der Waals surface area contributed by atoms with Crippen molar-refractivity contribution in [2.24, 2.45) is 10.1 Å². The second kappa shape index (κ2) is 10.3. The number of anilines is 1. The smallest absolute Gasteiger partial charge is 0.262 e. The molecule has 38 heavy (non-hydrogen) atoms. The van der Waals surface area contributed by atoms with Crippen LogP contribution in [0.4, 0.5) is 15.8 Å². The van der Waals surface area contributed by atoms with E-state index in [1.54, 1.807) is 42.5 Å². The minimum atomic E-state index is -3.65. The maximum atomic E-state index is 14.3. The minimum Gasteiger partial charge on any atom is -0.482 e. The van der Waals surface area contributed by atoms with E-state index in [4.69, 9.17) is 4.74 Å². The summed E-state index contributed by atoms with van der Waals surface area (Å²) in [5.41, 5.74) is 2.55. The van der Waals surface area contributed by atoms with Crippen LogP contribution in [0.2, 0.25) is 0 Å². The molecule has 3 aromatic carbocycles. The summed E-state index contributed by atoms with van der Waals surface area (Å²) in [6, 6.07) is 17.9. The van der Waals surface area contributed by atoms with Gasteiger partial charge in [0, 0.05) is 30.6 Å². The van der Waals surface area contributed by atoms with Crippen molar-refractivity contribution in [1.29, 1.82) is 0 Å². The Hall–Kier alpha value is -4.13. The summed E-state index contributed by atoms with van der Waals surface area (Å²) < 4.78 is 47.6. The largest absolute Gasteiger partial charge is 0.482 e. The molecule has 0 spiro atoms. The van der Waals surface area contributed by atoms with Gasteiger partial charge in [-0.25, -0.2) is 26.8 Å². The third-order valence-corrected chi connectivity index (χ3v) is 8.26. The molecule has 0 saturated heterocycles. The van der Waals surface area contributed by atoms with E-state index in [2.05, 4.69) is 15.4 Å². The van der Waals surface area contributed by atoms with Gasteiger partial charge in [-0.15, -0.1) is 11.3 Å². The quantitative estimate of drug-likeness (QED) is 0.365. The van der Waals surface area contributed by atoms with Gasteiger partial charge in [0.1, 0.15) is 11.6 Å². The first-order valence-electron chi connectivity index (χ1n) is 11.4. The molecule has 1 aliphatic rings. The number of halogens is 1. The fourth-order valence-corrected chi connectivity index (χ4v) is 5.46. The second-order valence-corrected chi connectivity index (χ2v) is 11.4. The Labute approximate surface area is 222 Å². The number of rotatable bonds is 6. The van der Waals surface area contributed by atoms with Gasteiger partial charge in [0.25, 0.3) is 5.91 Å². The number of sulfonamides is 1. The average Bonchev–Trinajstić information content (AvgIpc) is 3.30. The van der Waals surface area contributed by atoms with Gasteiger partial charge in [-0.1, -0.05) is 24.3 Å². The first kappa shape index (κ1) is 25.5. The van der Waals surface area contributed by atoms with E-state index >= 15 is 0 Å². The van der Waals surface area contributed by atoms with Crippen LogP contribution in [0, 0.1) is 5.82 Å². The molecule has 2 heterocycles. The van der Waals surface area contributed by atoms with Crippen molar-refractivity contribution in [2.75, 3.05) is 26.0 Å². The molecule has 0 unspecified atom stereocenters. The van der Waals surface area contributed by atoms with Crippen molar-refractivity contribution in [2.45, 2.75) is 4.90 Å². The zero-order valence-electron chi connectivity index (χ0n) is 20.3. The van der Waals surface area contributed by atoms with Gasteiger partial charge in [-0.3, -0.25) is 4.79 Å². The Morgan fingerprint density at radius 1 is 1.11 bits per heavy atom. The van der Waals surface area contributed by atoms with Crippen molar-refractivity contribution < 1.29 is 22.3 Å². The van der Waals surface area contributed by atoms with Crippen LogP contribution in [0.1, 0.15) is 5.56 Å². The first-order chi connectivity index (χ1) is 18.2. The highest BCUT2D eigenvalue weighted by molar-refractivity contribution is 7.89. The van der Waals surface area contributed by atoms with Crippen molar-refractivity contribution >= 4 is 44.9 Å². The van der Waals surface area contributed by atoms with Crippen LogP contribution >= 0.6 is 11.3 Å². The molecule has 0 atom stereocenters. The molecule has 194 valence electrons. The van der Waals surface area contributed by atoms with Crippen LogP contribution in [0.3, 0.4) is 0 Å². The van der Waals surface area contributed by atoms with Gasteiger partial charge in [0.15, 0.2) is 6.61 Å². The van der Waals surface area contributed by atoms with Crippen molar-refractivity contribution in [3.8, 4) is 17.0 Å². The number of ether oxygens (including phenoxy) is 1. The Balaban J connectivity index is 1.64. The Kier molecular flexibility index (Phi) is 6.93. The lowest BCUT2D eigenvalue weighted by Crippen LogP contribution is -2.25. The average molecular weight is 552 g/mol. The van der Waals surface area contributed by atoms with Crippen LogP contribution in [0.25, 0.3) is 11.3 Å². The number of hydrogen-bond acceptors (Lipinski definition) is 7. The second-order valence-electron chi connectivity index (χ2n) is 8.43. The fraction of sp³-hybridized carbons (Fsp3) is 0.115. The van der Waals surface area contributed by atoms with Crippen LogP contribution in [-0.2, 0) is 14.8 Å². The number of carbonyl (C=O) groups excluding carboxylic acids is 1. The molecule has 9 nitrogen and oxygen atoms in total. The molecule has 0 bridgehead atoms. The van der Waals surface area contributed by atoms with E-state index in [1.165, 1.54) is 54.5 Å². The van der Waals surface area contributed by atoms with E-state index in [9.17, 15) is 17.6 Å². The number of thiazole rings is 1. The molecule has 12 heteroatoms.